The Morgan fingerprint density at radius 3 is 2.50 bits per heavy atom. The lowest BCUT2D eigenvalue weighted by molar-refractivity contribution is -0.123. The van der Waals surface area contributed by atoms with Gasteiger partial charge in [-0.05, 0) is 18.4 Å². The van der Waals surface area contributed by atoms with Gasteiger partial charge >= 0.3 is 0 Å². The number of carbonyl (C=O) groups excluding carboxylic acids is 2. The Labute approximate surface area is 130 Å². The second-order valence-corrected chi connectivity index (χ2v) is 7.98. The zero-order valence-electron chi connectivity index (χ0n) is 12.3. The highest BCUT2D eigenvalue weighted by molar-refractivity contribution is 7.88. The molecule has 0 spiro atoms. The van der Waals surface area contributed by atoms with E-state index in [1.165, 1.54) is 4.31 Å². The maximum Gasteiger partial charge on any atom is 0.218 e. The van der Waals surface area contributed by atoms with Crippen LogP contribution in [0.2, 0.25) is 0 Å². The molecular weight excluding hydrogens is 302 g/mol. The first-order chi connectivity index (χ1) is 10.5. The highest BCUT2D eigenvalue weighted by Gasteiger charge is 2.45. The van der Waals surface area contributed by atoms with Gasteiger partial charge in [-0.25, -0.2) is 8.42 Å². The van der Waals surface area contributed by atoms with Crippen molar-refractivity contribution in [3.63, 3.8) is 0 Å². The molecule has 118 valence electrons. The first-order valence-electron chi connectivity index (χ1n) is 7.55. The van der Waals surface area contributed by atoms with Crippen molar-refractivity contribution in [3.8, 4) is 0 Å². The molecule has 1 saturated heterocycles. The Morgan fingerprint density at radius 1 is 1.14 bits per heavy atom. The summed E-state index contributed by atoms with van der Waals surface area (Å²) in [6, 6.07) is 8.70. The van der Waals surface area contributed by atoms with Gasteiger partial charge < -0.3 is 0 Å². The second kappa shape index (κ2) is 5.93. The second-order valence-electron chi connectivity index (χ2n) is 6.05. The Bertz CT molecular complexity index is 683. The van der Waals surface area contributed by atoms with Crippen LogP contribution in [0.4, 0.5) is 0 Å². The molecule has 22 heavy (non-hydrogen) atoms. The van der Waals surface area contributed by atoms with E-state index in [1.54, 1.807) is 12.1 Å². The molecule has 0 radical (unpaired) electrons. The molecular formula is C16H19NO4S. The molecule has 5 nitrogen and oxygen atoms in total. The third-order valence-electron chi connectivity index (χ3n) is 4.49. The van der Waals surface area contributed by atoms with Gasteiger partial charge in [0.2, 0.25) is 10.0 Å². The standard InChI is InChI=1S/C16H19NO4S/c18-13-9-14(16(19)10-13)15-7-4-8-17(15)22(20,21)11-12-5-2-1-3-6-12/h1-3,5-6,14-15H,4,7-11H2. The number of hydrogen-bond donors (Lipinski definition) is 0. The van der Waals surface area contributed by atoms with Crippen LogP contribution >= 0.6 is 0 Å². The van der Waals surface area contributed by atoms with Gasteiger partial charge in [0.25, 0.3) is 0 Å². The number of nitrogens with zero attached hydrogens (tertiary/aromatic N) is 1. The van der Waals surface area contributed by atoms with E-state index in [-0.39, 0.29) is 36.2 Å². The third kappa shape index (κ3) is 2.98. The smallest absolute Gasteiger partial charge is 0.218 e. The van der Waals surface area contributed by atoms with Crippen LogP contribution in [0.5, 0.6) is 0 Å². The average molecular weight is 321 g/mol. The minimum absolute atomic E-state index is 0.0340. The minimum atomic E-state index is -3.47. The number of Topliss-reactive ketones (excluding diaryl/α,β-unsaturated/α-hetero) is 2. The predicted octanol–water partition coefficient (Wildman–Crippen LogP) is 1.53. The molecule has 1 aromatic carbocycles. The monoisotopic (exact) mass is 321 g/mol. The molecule has 2 unspecified atom stereocenters. The maximum absolute atomic E-state index is 12.7. The van der Waals surface area contributed by atoms with Crippen LogP contribution in [-0.2, 0) is 25.4 Å². The molecule has 6 heteroatoms. The van der Waals surface area contributed by atoms with E-state index in [2.05, 4.69) is 0 Å². The number of ketones is 2. The van der Waals surface area contributed by atoms with Crippen LogP contribution < -0.4 is 0 Å². The lowest BCUT2D eigenvalue weighted by Crippen LogP contribution is -2.42. The summed E-state index contributed by atoms with van der Waals surface area (Å²) in [5.41, 5.74) is 0.738. The van der Waals surface area contributed by atoms with Crippen molar-refractivity contribution in [1.29, 1.82) is 0 Å². The summed E-state index contributed by atoms with van der Waals surface area (Å²) in [4.78, 5) is 23.4. The molecule has 0 aromatic heterocycles. The van der Waals surface area contributed by atoms with Gasteiger partial charge in [0, 0.05) is 24.9 Å². The number of benzene rings is 1. The highest BCUT2D eigenvalue weighted by Crippen LogP contribution is 2.34. The van der Waals surface area contributed by atoms with Crippen molar-refractivity contribution in [2.24, 2.45) is 5.92 Å². The summed E-state index contributed by atoms with van der Waals surface area (Å²) >= 11 is 0. The molecule has 0 bridgehead atoms. The van der Waals surface area contributed by atoms with Gasteiger partial charge in [0.05, 0.1) is 12.2 Å². The highest BCUT2D eigenvalue weighted by atomic mass is 32.2. The zero-order valence-corrected chi connectivity index (χ0v) is 13.1. The molecule has 0 amide bonds. The van der Waals surface area contributed by atoms with E-state index in [1.807, 2.05) is 18.2 Å². The third-order valence-corrected chi connectivity index (χ3v) is 6.36. The Morgan fingerprint density at radius 2 is 1.86 bits per heavy atom. The Hall–Kier alpha value is -1.53. The summed E-state index contributed by atoms with van der Waals surface area (Å²) in [5.74, 6) is -0.668. The van der Waals surface area contributed by atoms with Gasteiger partial charge in [0.1, 0.15) is 11.6 Å². The van der Waals surface area contributed by atoms with Crippen molar-refractivity contribution >= 4 is 21.6 Å². The molecule has 3 rings (SSSR count). The number of rotatable bonds is 4. The minimum Gasteiger partial charge on any atom is -0.299 e. The van der Waals surface area contributed by atoms with Crippen molar-refractivity contribution in [1.82, 2.24) is 4.31 Å². The maximum atomic E-state index is 12.7. The van der Waals surface area contributed by atoms with Crippen molar-refractivity contribution in [2.75, 3.05) is 6.54 Å². The normalized spacial score (nSPS) is 26.7. The molecule has 1 heterocycles. The quantitative estimate of drug-likeness (QED) is 0.789. The number of carbonyl (C=O) groups is 2. The lowest BCUT2D eigenvalue weighted by atomic mass is 9.96. The number of hydrogen-bond acceptors (Lipinski definition) is 4. The fourth-order valence-corrected chi connectivity index (χ4v) is 5.34. The van der Waals surface area contributed by atoms with Crippen LogP contribution in [0, 0.1) is 5.92 Å². The summed E-state index contributed by atoms with van der Waals surface area (Å²) in [7, 11) is -3.47. The fourth-order valence-electron chi connectivity index (χ4n) is 3.49. The van der Waals surface area contributed by atoms with Crippen LogP contribution in [0.25, 0.3) is 0 Å². The van der Waals surface area contributed by atoms with Crippen LogP contribution in [-0.4, -0.2) is 36.9 Å². The lowest BCUT2D eigenvalue weighted by Gasteiger charge is -2.27. The molecule has 1 saturated carbocycles. The average Bonchev–Trinajstić information content (AvgIpc) is 3.06. The molecule has 2 aliphatic rings. The first-order valence-corrected chi connectivity index (χ1v) is 9.16. The molecule has 1 aromatic rings. The van der Waals surface area contributed by atoms with Crippen molar-refractivity contribution in [3.05, 3.63) is 35.9 Å². The fraction of sp³-hybridized carbons (Fsp3) is 0.500. The summed E-state index contributed by atoms with van der Waals surface area (Å²) in [6.07, 6.45) is 1.57. The van der Waals surface area contributed by atoms with Gasteiger partial charge in [-0.1, -0.05) is 30.3 Å². The van der Waals surface area contributed by atoms with Gasteiger partial charge in [0.15, 0.2) is 0 Å². The van der Waals surface area contributed by atoms with E-state index in [0.717, 1.165) is 12.0 Å². The molecule has 2 atom stereocenters. The van der Waals surface area contributed by atoms with E-state index in [4.69, 9.17) is 0 Å². The molecule has 0 N–H and O–H groups in total. The predicted molar refractivity (Wildman–Crippen MR) is 81.5 cm³/mol. The SMILES string of the molecule is O=C1CC(=O)C(C2CCCN2S(=O)(=O)Cc2ccccc2)C1. The van der Waals surface area contributed by atoms with E-state index >= 15 is 0 Å². The van der Waals surface area contributed by atoms with E-state index in [9.17, 15) is 18.0 Å². The van der Waals surface area contributed by atoms with Crippen molar-refractivity contribution in [2.45, 2.75) is 37.5 Å². The molecule has 2 fully saturated rings. The van der Waals surface area contributed by atoms with Gasteiger partial charge in [-0.15, -0.1) is 0 Å². The molecule has 1 aliphatic carbocycles. The topological polar surface area (TPSA) is 71.5 Å². The Balaban J connectivity index is 1.80. The largest absolute Gasteiger partial charge is 0.299 e. The Kier molecular flexibility index (Phi) is 4.14. The van der Waals surface area contributed by atoms with Crippen LogP contribution in [0.3, 0.4) is 0 Å². The van der Waals surface area contributed by atoms with Gasteiger partial charge in [-0.2, -0.15) is 4.31 Å². The zero-order chi connectivity index (χ0) is 15.7. The summed E-state index contributed by atoms with van der Waals surface area (Å²) in [5, 5.41) is 0. The first kappa shape index (κ1) is 15.4. The number of sulfonamides is 1. The van der Waals surface area contributed by atoms with Gasteiger partial charge in [-0.3, -0.25) is 9.59 Å². The summed E-state index contributed by atoms with van der Waals surface area (Å²) < 4.78 is 26.8. The molecule has 1 aliphatic heterocycles. The van der Waals surface area contributed by atoms with Crippen LogP contribution in [0.1, 0.15) is 31.2 Å². The van der Waals surface area contributed by atoms with Crippen molar-refractivity contribution < 1.29 is 18.0 Å². The summed E-state index contributed by atoms with van der Waals surface area (Å²) in [6.45, 7) is 0.442. The van der Waals surface area contributed by atoms with Crippen LogP contribution in [0.15, 0.2) is 30.3 Å². The van der Waals surface area contributed by atoms with E-state index in [0.29, 0.717) is 13.0 Å². The van der Waals surface area contributed by atoms with E-state index < -0.39 is 15.9 Å².